The number of rotatable bonds is 4. The van der Waals surface area contributed by atoms with Gasteiger partial charge in [-0.25, -0.2) is 14.0 Å². The lowest BCUT2D eigenvalue weighted by Crippen LogP contribution is -2.42. The minimum absolute atomic E-state index is 0.0743. The molecule has 2 heterocycles. The molecule has 204 valence electrons. The van der Waals surface area contributed by atoms with E-state index in [2.05, 4.69) is 10.6 Å². The summed E-state index contributed by atoms with van der Waals surface area (Å²) in [6.07, 6.45) is 1.89. The summed E-state index contributed by atoms with van der Waals surface area (Å²) in [5, 5.41) is 5.78. The quantitative estimate of drug-likeness (QED) is 0.569. The fraction of sp³-hybridized carbons (Fsp3) is 0.483. The molecule has 8 nitrogen and oxygen atoms in total. The van der Waals surface area contributed by atoms with Crippen molar-refractivity contribution in [2.24, 2.45) is 0 Å². The number of nitrogens with one attached hydrogen (secondary N) is 2. The lowest BCUT2D eigenvalue weighted by atomic mass is 9.89. The Morgan fingerprint density at radius 3 is 2.26 bits per heavy atom. The number of ether oxygens (including phenoxy) is 1. The average Bonchev–Trinajstić information content (AvgIpc) is 3.33. The summed E-state index contributed by atoms with van der Waals surface area (Å²) in [7, 11) is 0. The standard InChI is InChI=1S/C29H37FN4O4/c1-19-5-6-22(26(35)33-14-11-21(12-15-33)20-7-9-23(30)10-8-20)17-25(19)32-27(36)31-24-13-16-34(18-24)28(37)38-29(2,3)4/h5-10,17,21,24H,11-16,18H2,1-4H3,(H2,31,32,36). The number of nitrogens with zero attached hydrogens (tertiary/aromatic N) is 2. The normalized spacial score (nSPS) is 18.3. The first-order valence-electron chi connectivity index (χ1n) is 13.2. The van der Waals surface area contributed by atoms with E-state index in [0.29, 0.717) is 49.8 Å². The van der Waals surface area contributed by atoms with Crippen molar-refractivity contribution < 1.29 is 23.5 Å². The van der Waals surface area contributed by atoms with E-state index in [0.717, 1.165) is 24.0 Å². The van der Waals surface area contributed by atoms with Crippen LogP contribution in [0, 0.1) is 12.7 Å². The summed E-state index contributed by atoms with van der Waals surface area (Å²) >= 11 is 0. The number of hydrogen-bond donors (Lipinski definition) is 2. The summed E-state index contributed by atoms with van der Waals surface area (Å²) in [4.78, 5) is 41.7. The van der Waals surface area contributed by atoms with E-state index >= 15 is 0 Å². The van der Waals surface area contributed by atoms with Crippen molar-refractivity contribution in [2.45, 2.75) is 64.5 Å². The molecular formula is C29H37FN4O4. The Bertz CT molecular complexity index is 1170. The Kier molecular flexibility index (Phi) is 8.23. The van der Waals surface area contributed by atoms with Crippen molar-refractivity contribution in [3.63, 3.8) is 0 Å². The zero-order valence-corrected chi connectivity index (χ0v) is 22.6. The molecule has 2 aliphatic rings. The minimum Gasteiger partial charge on any atom is -0.444 e. The Labute approximate surface area is 223 Å². The summed E-state index contributed by atoms with van der Waals surface area (Å²) in [5.41, 5.74) is 2.45. The molecule has 0 radical (unpaired) electrons. The molecule has 4 rings (SSSR count). The molecule has 0 aromatic heterocycles. The van der Waals surface area contributed by atoms with Gasteiger partial charge in [0, 0.05) is 43.5 Å². The first-order chi connectivity index (χ1) is 18.0. The van der Waals surface area contributed by atoms with Crippen LogP contribution >= 0.6 is 0 Å². The molecule has 1 atom stereocenters. The third-order valence-electron chi connectivity index (χ3n) is 7.03. The number of halogens is 1. The number of benzene rings is 2. The molecule has 1 unspecified atom stereocenters. The second-order valence-corrected chi connectivity index (χ2v) is 11.2. The summed E-state index contributed by atoms with van der Waals surface area (Å²) < 4.78 is 18.7. The zero-order chi connectivity index (χ0) is 27.4. The highest BCUT2D eigenvalue weighted by Crippen LogP contribution is 2.29. The molecule has 38 heavy (non-hydrogen) atoms. The largest absolute Gasteiger partial charge is 0.444 e. The van der Waals surface area contributed by atoms with E-state index in [1.165, 1.54) is 12.1 Å². The summed E-state index contributed by atoms with van der Waals surface area (Å²) in [5.74, 6) is -0.0138. The van der Waals surface area contributed by atoms with Gasteiger partial charge in [0.1, 0.15) is 11.4 Å². The van der Waals surface area contributed by atoms with Gasteiger partial charge in [0.25, 0.3) is 5.91 Å². The Balaban J connectivity index is 1.30. The lowest BCUT2D eigenvalue weighted by molar-refractivity contribution is 0.0291. The van der Waals surface area contributed by atoms with Crippen molar-refractivity contribution in [3.8, 4) is 0 Å². The number of carbonyl (C=O) groups is 3. The van der Waals surface area contributed by atoms with Crippen molar-refractivity contribution in [3.05, 3.63) is 65.0 Å². The van der Waals surface area contributed by atoms with E-state index in [4.69, 9.17) is 4.74 Å². The summed E-state index contributed by atoms with van der Waals surface area (Å²) in [6.45, 7) is 9.47. The fourth-order valence-electron chi connectivity index (χ4n) is 4.94. The molecule has 2 fully saturated rings. The second-order valence-electron chi connectivity index (χ2n) is 11.2. The maximum absolute atomic E-state index is 13.2. The smallest absolute Gasteiger partial charge is 0.410 e. The Hall–Kier alpha value is -3.62. The predicted octanol–water partition coefficient (Wildman–Crippen LogP) is 5.28. The van der Waals surface area contributed by atoms with Crippen molar-refractivity contribution in [1.29, 1.82) is 0 Å². The van der Waals surface area contributed by atoms with Gasteiger partial charge in [-0.05, 0) is 88.3 Å². The van der Waals surface area contributed by atoms with Crippen LogP contribution in [0.15, 0.2) is 42.5 Å². The number of urea groups is 1. The van der Waals surface area contributed by atoms with E-state index in [1.54, 1.807) is 17.0 Å². The van der Waals surface area contributed by atoms with E-state index < -0.39 is 5.60 Å². The van der Waals surface area contributed by atoms with Gasteiger partial charge in [0.2, 0.25) is 0 Å². The van der Waals surface area contributed by atoms with Gasteiger partial charge in [-0.15, -0.1) is 0 Å². The van der Waals surface area contributed by atoms with Crippen LogP contribution in [0.1, 0.15) is 67.4 Å². The van der Waals surface area contributed by atoms with Crippen LogP contribution in [-0.2, 0) is 4.74 Å². The molecule has 2 aromatic carbocycles. The van der Waals surface area contributed by atoms with Crippen LogP contribution in [0.4, 0.5) is 19.7 Å². The molecule has 9 heteroatoms. The number of amides is 4. The van der Waals surface area contributed by atoms with Gasteiger partial charge >= 0.3 is 12.1 Å². The van der Waals surface area contributed by atoms with Crippen LogP contribution in [0.25, 0.3) is 0 Å². The van der Waals surface area contributed by atoms with Crippen LogP contribution in [0.3, 0.4) is 0 Å². The SMILES string of the molecule is Cc1ccc(C(=O)N2CCC(c3ccc(F)cc3)CC2)cc1NC(=O)NC1CCN(C(=O)OC(C)(C)C)C1. The molecule has 0 aliphatic carbocycles. The molecule has 2 aromatic rings. The van der Waals surface area contributed by atoms with Crippen molar-refractivity contribution >= 4 is 23.7 Å². The van der Waals surface area contributed by atoms with Crippen molar-refractivity contribution in [2.75, 3.05) is 31.5 Å². The number of piperidine rings is 1. The van der Waals surface area contributed by atoms with Gasteiger partial charge in [-0.2, -0.15) is 0 Å². The maximum atomic E-state index is 13.2. The molecule has 2 aliphatic heterocycles. The highest BCUT2D eigenvalue weighted by molar-refractivity contribution is 5.97. The van der Waals surface area contributed by atoms with Crippen LogP contribution < -0.4 is 10.6 Å². The number of aryl methyl sites for hydroxylation is 1. The average molecular weight is 525 g/mol. The highest BCUT2D eigenvalue weighted by Gasteiger charge is 2.31. The molecule has 2 N–H and O–H groups in total. The third-order valence-corrected chi connectivity index (χ3v) is 7.03. The molecule has 0 bridgehead atoms. The Morgan fingerprint density at radius 2 is 1.61 bits per heavy atom. The number of likely N-dealkylation sites (tertiary alicyclic amines) is 2. The topological polar surface area (TPSA) is 91.0 Å². The van der Waals surface area contributed by atoms with Gasteiger partial charge in [-0.1, -0.05) is 18.2 Å². The molecular weight excluding hydrogens is 487 g/mol. The van der Waals surface area contributed by atoms with E-state index in [9.17, 15) is 18.8 Å². The van der Waals surface area contributed by atoms with E-state index in [-0.39, 0.29) is 29.9 Å². The molecule has 0 saturated carbocycles. The number of anilines is 1. The number of carbonyl (C=O) groups excluding carboxylic acids is 3. The zero-order valence-electron chi connectivity index (χ0n) is 22.6. The van der Waals surface area contributed by atoms with Crippen LogP contribution in [0.2, 0.25) is 0 Å². The van der Waals surface area contributed by atoms with Crippen LogP contribution in [-0.4, -0.2) is 65.7 Å². The van der Waals surface area contributed by atoms with E-state index in [1.807, 2.05) is 50.8 Å². The Morgan fingerprint density at radius 1 is 0.947 bits per heavy atom. The first-order valence-corrected chi connectivity index (χ1v) is 13.2. The minimum atomic E-state index is -0.571. The maximum Gasteiger partial charge on any atom is 0.410 e. The van der Waals surface area contributed by atoms with Gasteiger partial charge < -0.3 is 25.2 Å². The van der Waals surface area contributed by atoms with Gasteiger partial charge in [-0.3, -0.25) is 4.79 Å². The highest BCUT2D eigenvalue weighted by atomic mass is 19.1. The molecule has 2 saturated heterocycles. The monoisotopic (exact) mass is 524 g/mol. The molecule has 0 spiro atoms. The second kappa shape index (κ2) is 11.4. The number of hydrogen-bond acceptors (Lipinski definition) is 4. The van der Waals surface area contributed by atoms with Crippen LogP contribution in [0.5, 0.6) is 0 Å². The first kappa shape index (κ1) is 27.4. The summed E-state index contributed by atoms with van der Waals surface area (Å²) in [6, 6.07) is 11.4. The van der Waals surface area contributed by atoms with Gasteiger partial charge in [0.05, 0.1) is 0 Å². The fourth-order valence-corrected chi connectivity index (χ4v) is 4.94. The predicted molar refractivity (Wildman–Crippen MR) is 144 cm³/mol. The third kappa shape index (κ3) is 7.02. The molecule has 4 amide bonds. The van der Waals surface area contributed by atoms with Gasteiger partial charge in [0.15, 0.2) is 0 Å². The van der Waals surface area contributed by atoms with Crippen molar-refractivity contribution in [1.82, 2.24) is 15.1 Å². The lowest BCUT2D eigenvalue weighted by Gasteiger charge is -2.32.